The van der Waals surface area contributed by atoms with Crippen molar-refractivity contribution in [3.05, 3.63) is 36.5 Å². The highest BCUT2D eigenvalue weighted by Gasteiger charge is 2.24. The Hall–Kier alpha value is -2.44. The molecule has 0 unspecified atom stereocenters. The van der Waals surface area contributed by atoms with E-state index in [4.69, 9.17) is 4.74 Å². The molecule has 0 spiro atoms. The summed E-state index contributed by atoms with van der Waals surface area (Å²) in [6.45, 7) is 3.54. The molecule has 7 nitrogen and oxygen atoms in total. The SMILES string of the molecule is Cc1nccc(OC2CCN(C(=O)Cn3cccn3)CC2)n1. The fourth-order valence-corrected chi connectivity index (χ4v) is 2.53. The third-order valence-corrected chi connectivity index (χ3v) is 3.69. The van der Waals surface area contributed by atoms with Gasteiger partial charge in [-0.25, -0.2) is 4.98 Å². The van der Waals surface area contributed by atoms with Crippen molar-refractivity contribution in [1.29, 1.82) is 0 Å². The summed E-state index contributed by atoms with van der Waals surface area (Å²) in [6, 6.07) is 3.58. The lowest BCUT2D eigenvalue weighted by Crippen LogP contribution is -2.43. The van der Waals surface area contributed by atoms with Gasteiger partial charge in [0.05, 0.1) is 0 Å². The van der Waals surface area contributed by atoms with Gasteiger partial charge >= 0.3 is 0 Å². The van der Waals surface area contributed by atoms with Gasteiger partial charge in [0.2, 0.25) is 11.8 Å². The Balaban J connectivity index is 1.49. The third kappa shape index (κ3) is 3.60. The molecule has 0 radical (unpaired) electrons. The van der Waals surface area contributed by atoms with Crippen molar-refractivity contribution in [2.75, 3.05) is 13.1 Å². The number of carbonyl (C=O) groups excluding carboxylic acids is 1. The van der Waals surface area contributed by atoms with Crippen molar-refractivity contribution in [3.8, 4) is 5.88 Å². The first kappa shape index (κ1) is 14.5. The molecule has 1 fully saturated rings. The second-order valence-electron chi connectivity index (χ2n) is 5.34. The van der Waals surface area contributed by atoms with E-state index in [0.717, 1.165) is 12.8 Å². The van der Waals surface area contributed by atoms with Crippen molar-refractivity contribution in [2.45, 2.75) is 32.4 Å². The number of nitrogens with zero attached hydrogens (tertiary/aromatic N) is 5. The lowest BCUT2D eigenvalue weighted by atomic mass is 10.1. The van der Waals surface area contributed by atoms with Crippen molar-refractivity contribution in [2.24, 2.45) is 0 Å². The highest BCUT2D eigenvalue weighted by atomic mass is 16.5. The Morgan fingerprint density at radius 2 is 2.18 bits per heavy atom. The molecule has 1 aliphatic heterocycles. The van der Waals surface area contributed by atoms with E-state index < -0.39 is 0 Å². The zero-order valence-electron chi connectivity index (χ0n) is 12.6. The van der Waals surface area contributed by atoms with Gasteiger partial charge in [0.25, 0.3) is 0 Å². The molecule has 7 heteroatoms. The number of piperidine rings is 1. The molecule has 0 aliphatic carbocycles. The fourth-order valence-electron chi connectivity index (χ4n) is 2.53. The minimum atomic E-state index is 0.0973. The summed E-state index contributed by atoms with van der Waals surface area (Å²) in [5.41, 5.74) is 0. The summed E-state index contributed by atoms with van der Waals surface area (Å²) in [4.78, 5) is 22.3. The zero-order chi connectivity index (χ0) is 15.4. The fraction of sp³-hybridized carbons (Fsp3) is 0.467. The third-order valence-electron chi connectivity index (χ3n) is 3.69. The largest absolute Gasteiger partial charge is 0.474 e. The Labute approximate surface area is 128 Å². The Kier molecular flexibility index (Phi) is 4.32. The van der Waals surface area contributed by atoms with E-state index in [1.165, 1.54) is 0 Å². The van der Waals surface area contributed by atoms with E-state index in [-0.39, 0.29) is 12.0 Å². The van der Waals surface area contributed by atoms with Crippen LogP contribution >= 0.6 is 0 Å². The number of aryl methyl sites for hydroxylation is 1. The number of aromatic nitrogens is 4. The first-order chi connectivity index (χ1) is 10.7. The van der Waals surface area contributed by atoms with Crippen LogP contribution in [-0.4, -0.2) is 49.7 Å². The molecule has 0 N–H and O–H groups in total. The highest BCUT2D eigenvalue weighted by Crippen LogP contribution is 2.17. The Bertz CT molecular complexity index is 621. The first-order valence-electron chi connectivity index (χ1n) is 7.42. The van der Waals surface area contributed by atoms with Gasteiger partial charge in [0.15, 0.2) is 0 Å². The lowest BCUT2D eigenvalue weighted by Gasteiger charge is -2.31. The molecule has 1 saturated heterocycles. The predicted octanol–water partition coefficient (Wildman–Crippen LogP) is 1.05. The van der Waals surface area contributed by atoms with Crippen LogP contribution in [0.25, 0.3) is 0 Å². The molecule has 3 heterocycles. The van der Waals surface area contributed by atoms with Crippen LogP contribution in [0.3, 0.4) is 0 Å². The van der Waals surface area contributed by atoms with Gasteiger partial charge in [-0.05, 0) is 13.0 Å². The minimum absolute atomic E-state index is 0.0973. The molecule has 2 aromatic heterocycles. The summed E-state index contributed by atoms with van der Waals surface area (Å²) >= 11 is 0. The molecule has 0 aromatic carbocycles. The van der Waals surface area contributed by atoms with E-state index in [2.05, 4.69) is 15.1 Å². The Morgan fingerprint density at radius 3 is 2.86 bits per heavy atom. The quantitative estimate of drug-likeness (QED) is 0.844. The van der Waals surface area contributed by atoms with Crippen LogP contribution < -0.4 is 4.74 Å². The number of hydrogen-bond acceptors (Lipinski definition) is 5. The topological polar surface area (TPSA) is 73.1 Å². The molecular formula is C15H19N5O2. The first-order valence-corrected chi connectivity index (χ1v) is 7.42. The molecule has 1 aliphatic rings. The maximum atomic E-state index is 12.2. The molecule has 0 bridgehead atoms. The smallest absolute Gasteiger partial charge is 0.244 e. The highest BCUT2D eigenvalue weighted by molar-refractivity contribution is 5.76. The Morgan fingerprint density at radius 1 is 1.36 bits per heavy atom. The van der Waals surface area contributed by atoms with Crippen LogP contribution in [0.15, 0.2) is 30.7 Å². The molecule has 116 valence electrons. The summed E-state index contributed by atoms with van der Waals surface area (Å²) in [5.74, 6) is 1.40. The molecule has 2 aromatic rings. The monoisotopic (exact) mass is 301 g/mol. The van der Waals surface area contributed by atoms with E-state index in [1.54, 1.807) is 29.3 Å². The second-order valence-corrected chi connectivity index (χ2v) is 5.34. The van der Waals surface area contributed by atoms with E-state index in [1.807, 2.05) is 17.9 Å². The maximum Gasteiger partial charge on any atom is 0.244 e. The van der Waals surface area contributed by atoms with Crippen LogP contribution in [0.4, 0.5) is 0 Å². The lowest BCUT2D eigenvalue weighted by molar-refractivity contribution is -0.133. The number of carbonyl (C=O) groups is 1. The van der Waals surface area contributed by atoms with E-state index in [0.29, 0.717) is 31.3 Å². The number of hydrogen-bond donors (Lipinski definition) is 0. The average Bonchev–Trinajstić information content (AvgIpc) is 3.01. The summed E-state index contributed by atoms with van der Waals surface area (Å²) in [6.07, 6.45) is 6.90. The van der Waals surface area contributed by atoms with Gasteiger partial charge in [-0.15, -0.1) is 0 Å². The summed E-state index contributed by atoms with van der Waals surface area (Å²) in [7, 11) is 0. The van der Waals surface area contributed by atoms with Crippen LogP contribution in [-0.2, 0) is 11.3 Å². The second kappa shape index (κ2) is 6.55. The average molecular weight is 301 g/mol. The summed E-state index contributed by atoms with van der Waals surface area (Å²) in [5, 5.41) is 4.06. The number of amides is 1. The van der Waals surface area contributed by atoms with Crippen molar-refractivity contribution < 1.29 is 9.53 Å². The van der Waals surface area contributed by atoms with Gasteiger partial charge in [0, 0.05) is 50.6 Å². The molecule has 0 atom stereocenters. The molecule has 22 heavy (non-hydrogen) atoms. The van der Waals surface area contributed by atoms with E-state index in [9.17, 15) is 4.79 Å². The molecule has 0 saturated carbocycles. The van der Waals surface area contributed by atoms with Gasteiger partial charge in [0.1, 0.15) is 18.5 Å². The van der Waals surface area contributed by atoms with Crippen LogP contribution in [0.5, 0.6) is 5.88 Å². The normalized spacial score (nSPS) is 15.8. The van der Waals surface area contributed by atoms with Gasteiger partial charge in [-0.1, -0.05) is 0 Å². The van der Waals surface area contributed by atoms with Gasteiger partial charge < -0.3 is 9.64 Å². The number of ether oxygens (including phenoxy) is 1. The van der Waals surface area contributed by atoms with Crippen LogP contribution in [0.2, 0.25) is 0 Å². The van der Waals surface area contributed by atoms with Crippen LogP contribution in [0.1, 0.15) is 18.7 Å². The molecule has 1 amide bonds. The van der Waals surface area contributed by atoms with Gasteiger partial charge in [-0.2, -0.15) is 10.1 Å². The number of likely N-dealkylation sites (tertiary alicyclic amines) is 1. The summed E-state index contributed by atoms with van der Waals surface area (Å²) < 4.78 is 7.51. The van der Waals surface area contributed by atoms with Crippen molar-refractivity contribution in [1.82, 2.24) is 24.6 Å². The zero-order valence-corrected chi connectivity index (χ0v) is 12.6. The standard InChI is InChI=1S/C15H19N5O2/c1-12-16-7-3-14(18-12)22-13-4-9-19(10-5-13)15(21)11-20-8-2-6-17-20/h2-3,6-8,13H,4-5,9-11H2,1H3. The van der Waals surface area contributed by atoms with Crippen molar-refractivity contribution >= 4 is 5.91 Å². The predicted molar refractivity (Wildman–Crippen MR) is 79.2 cm³/mol. The minimum Gasteiger partial charge on any atom is -0.474 e. The van der Waals surface area contributed by atoms with Crippen molar-refractivity contribution in [3.63, 3.8) is 0 Å². The number of rotatable bonds is 4. The molecule has 3 rings (SSSR count). The van der Waals surface area contributed by atoms with E-state index >= 15 is 0 Å². The maximum absolute atomic E-state index is 12.2. The van der Waals surface area contributed by atoms with Crippen LogP contribution in [0, 0.1) is 6.92 Å². The van der Waals surface area contributed by atoms with Gasteiger partial charge in [-0.3, -0.25) is 9.48 Å². The molecular weight excluding hydrogens is 282 g/mol.